The van der Waals surface area contributed by atoms with Crippen molar-refractivity contribution in [1.29, 1.82) is 0 Å². The average molecular weight is 414 g/mol. The molecule has 0 atom stereocenters. The van der Waals surface area contributed by atoms with Gasteiger partial charge in [-0.25, -0.2) is 14.4 Å². The van der Waals surface area contributed by atoms with Crippen LogP contribution in [0.25, 0.3) is 16.9 Å². The van der Waals surface area contributed by atoms with E-state index in [0.717, 1.165) is 22.6 Å². The van der Waals surface area contributed by atoms with Gasteiger partial charge in [-0.05, 0) is 42.3 Å². The van der Waals surface area contributed by atoms with Crippen molar-refractivity contribution in [2.45, 2.75) is 13.3 Å². The number of benzene rings is 1. The van der Waals surface area contributed by atoms with Gasteiger partial charge in [-0.1, -0.05) is 12.1 Å². The Kier molecular flexibility index (Phi) is 4.62. The summed E-state index contributed by atoms with van der Waals surface area (Å²) in [6.45, 7) is 1.87. The Morgan fingerprint density at radius 2 is 1.94 bits per heavy atom. The van der Waals surface area contributed by atoms with Crippen LogP contribution in [0.4, 0.5) is 16.2 Å². The van der Waals surface area contributed by atoms with E-state index in [-0.39, 0.29) is 5.82 Å². The molecule has 0 aliphatic heterocycles. The molecule has 154 valence electrons. The zero-order chi connectivity index (χ0) is 21.4. The summed E-state index contributed by atoms with van der Waals surface area (Å²) in [6.07, 6.45) is 5.63. The molecule has 0 aliphatic rings. The maximum Gasteiger partial charge on any atom is 0.228 e. The van der Waals surface area contributed by atoms with Crippen molar-refractivity contribution in [2.24, 2.45) is 7.05 Å². The zero-order valence-corrected chi connectivity index (χ0v) is 17.0. The number of anilines is 2. The molecule has 5 rings (SSSR count). The molecule has 0 saturated heterocycles. The van der Waals surface area contributed by atoms with Gasteiger partial charge in [0, 0.05) is 37.5 Å². The molecule has 0 bridgehead atoms. The Bertz CT molecular complexity index is 1390. The highest BCUT2D eigenvalue weighted by molar-refractivity contribution is 5.65. The molecule has 1 aromatic carbocycles. The summed E-state index contributed by atoms with van der Waals surface area (Å²) in [4.78, 5) is 8.87. The molecule has 5 aromatic rings. The summed E-state index contributed by atoms with van der Waals surface area (Å²) in [7, 11) is 1.84. The SMILES string of the molecule is Cc1ccc(Cc2nnc3cc(-c4ccnc(Nc5ccnn5C)n4)ccn23)c(F)c1. The summed E-state index contributed by atoms with van der Waals surface area (Å²) < 4.78 is 17.8. The van der Waals surface area contributed by atoms with Crippen molar-refractivity contribution in [3.63, 3.8) is 0 Å². The van der Waals surface area contributed by atoms with Crippen LogP contribution in [0.15, 0.2) is 61.1 Å². The van der Waals surface area contributed by atoms with E-state index in [2.05, 4.69) is 30.6 Å². The molecule has 0 aliphatic carbocycles. The molecule has 0 radical (unpaired) electrons. The second-order valence-corrected chi connectivity index (χ2v) is 7.26. The lowest BCUT2D eigenvalue weighted by molar-refractivity contribution is 0.610. The number of halogens is 1. The number of fused-ring (bicyclic) bond motifs is 1. The zero-order valence-electron chi connectivity index (χ0n) is 17.0. The van der Waals surface area contributed by atoms with Gasteiger partial charge in [0.15, 0.2) is 5.65 Å². The van der Waals surface area contributed by atoms with Gasteiger partial charge < -0.3 is 5.32 Å². The predicted molar refractivity (Wildman–Crippen MR) is 114 cm³/mol. The first-order valence-electron chi connectivity index (χ1n) is 9.74. The van der Waals surface area contributed by atoms with E-state index in [1.165, 1.54) is 6.07 Å². The fraction of sp³-hybridized carbons (Fsp3) is 0.136. The van der Waals surface area contributed by atoms with Crippen molar-refractivity contribution < 1.29 is 4.39 Å². The first-order chi connectivity index (χ1) is 15.1. The Morgan fingerprint density at radius 3 is 2.74 bits per heavy atom. The molecule has 0 saturated carbocycles. The Labute approximate surface area is 177 Å². The maximum absolute atomic E-state index is 14.2. The second kappa shape index (κ2) is 7.60. The fourth-order valence-electron chi connectivity index (χ4n) is 3.38. The molecule has 1 N–H and O–H groups in total. The van der Waals surface area contributed by atoms with Gasteiger partial charge in [0.2, 0.25) is 5.95 Å². The number of aryl methyl sites for hydroxylation is 2. The first kappa shape index (κ1) is 18.9. The molecule has 4 heterocycles. The summed E-state index contributed by atoms with van der Waals surface area (Å²) in [6, 6.07) is 12.7. The summed E-state index contributed by atoms with van der Waals surface area (Å²) in [5.74, 6) is 1.70. The number of hydrogen-bond acceptors (Lipinski definition) is 6. The molecule has 0 amide bonds. The lowest BCUT2D eigenvalue weighted by atomic mass is 10.1. The van der Waals surface area contributed by atoms with Crippen molar-refractivity contribution in [3.05, 3.63) is 83.8 Å². The second-order valence-electron chi connectivity index (χ2n) is 7.26. The Hall–Kier alpha value is -4.14. The van der Waals surface area contributed by atoms with Crippen LogP contribution in [0.5, 0.6) is 0 Å². The van der Waals surface area contributed by atoms with Crippen molar-refractivity contribution in [1.82, 2.24) is 34.3 Å². The molecule has 31 heavy (non-hydrogen) atoms. The van der Waals surface area contributed by atoms with Gasteiger partial charge in [-0.2, -0.15) is 5.10 Å². The molecule has 0 spiro atoms. The van der Waals surface area contributed by atoms with E-state index in [0.29, 0.717) is 29.4 Å². The highest BCUT2D eigenvalue weighted by atomic mass is 19.1. The predicted octanol–water partition coefficient (Wildman–Crippen LogP) is 3.70. The highest BCUT2D eigenvalue weighted by Gasteiger charge is 2.12. The van der Waals surface area contributed by atoms with E-state index in [1.54, 1.807) is 23.1 Å². The average Bonchev–Trinajstić information content (AvgIpc) is 3.36. The summed E-state index contributed by atoms with van der Waals surface area (Å²) in [5, 5.41) is 15.8. The summed E-state index contributed by atoms with van der Waals surface area (Å²) in [5.41, 5.74) is 3.77. The van der Waals surface area contributed by atoms with Crippen LogP contribution in [0.3, 0.4) is 0 Å². The van der Waals surface area contributed by atoms with Crippen LogP contribution in [0.2, 0.25) is 0 Å². The van der Waals surface area contributed by atoms with Crippen LogP contribution in [0.1, 0.15) is 17.0 Å². The summed E-state index contributed by atoms with van der Waals surface area (Å²) >= 11 is 0. The van der Waals surface area contributed by atoms with Gasteiger partial charge in [0.05, 0.1) is 11.9 Å². The Balaban J connectivity index is 1.43. The van der Waals surface area contributed by atoms with Gasteiger partial charge in [-0.15, -0.1) is 10.2 Å². The van der Waals surface area contributed by atoms with E-state index in [1.807, 2.05) is 54.9 Å². The van der Waals surface area contributed by atoms with E-state index < -0.39 is 0 Å². The number of hydrogen-bond donors (Lipinski definition) is 1. The monoisotopic (exact) mass is 414 g/mol. The minimum atomic E-state index is -0.234. The van der Waals surface area contributed by atoms with Crippen LogP contribution < -0.4 is 5.32 Å². The normalized spacial score (nSPS) is 11.2. The van der Waals surface area contributed by atoms with Gasteiger partial charge in [0.1, 0.15) is 17.5 Å². The molecule has 8 nitrogen and oxygen atoms in total. The number of aromatic nitrogens is 7. The molecular weight excluding hydrogens is 395 g/mol. The van der Waals surface area contributed by atoms with Crippen LogP contribution in [0, 0.1) is 12.7 Å². The van der Waals surface area contributed by atoms with Crippen molar-refractivity contribution >= 4 is 17.4 Å². The first-order valence-corrected chi connectivity index (χ1v) is 9.74. The Morgan fingerprint density at radius 1 is 1.03 bits per heavy atom. The molecule has 9 heteroatoms. The van der Waals surface area contributed by atoms with Gasteiger partial charge >= 0.3 is 0 Å². The quantitative estimate of drug-likeness (QED) is 0.472. The van der Waals surface area contributed by atoms with Crippen molar-refractivity contribution in [3.8, 4) is 11.3 Å². The minimum Gasteiger partial charge on any atom is -0.309 e. The highest BCUT2D eigenvalue weighted by Crippen LogP contribution is 2.22. The fourth-order valence-corrected chi connectivity index (χ4v) is 3.38. The largest absolute Gasteiger partial charge is 0.309 e. The van der Waals surface area contributed by atoms with E-state index in [9.17, 15) is 4.39 Å². The van der Waals surface area contributed by atoms with Crippen LogP contribution >= 0.6 is 0 Å². The number of rotatable bonds is 5. The standard InChI is InChI=1S/C22H19FN8/c1-14-3-4-15(17(23)11-14)12-20-28-29-21-13-16(7-10-31(20)21)18-5-8-24-22(26-18)27-19-6-9-25-30(19)2/h3-11,13H,12H2,1-2H3,(H,24,26,27). The smallest absolute Gasteiger partial charge is 0.228 e. The molecule has 0 fully saturated rings. The van der Waals surface area contributed by atoms with Gasteiger partial charge in [-0.3, -0.25) is 9.08 Å². The lowest BCUT2D eigenvalue weighted by Gasteiger charge is -2.07. The number of nitrogens with zero attached hydrogens (tertiary/aromatic N) is 7. The van der Waals surface area contributed by atoms with Crippen molar-refractivity contribution in [2.75, 3.05) is 5.32 Å². The topological polar surface area (TPSA) is 85.8 Å². The third kappa shape index (κ3) is 3.73. The maximum atomic E-state index is 14.2. The lowest BCUT2D eigenvalue weighted by Crippen LogP contribution is -2.03. The van der Waals surface area contributed by atoms with E-state index >= 15 is 0 Å². The van der Waals surface area contributed by atoms with Crippen LogP contribution in [-0.4, -0.2) is 34.3 Å². The molecule has 4 aromatic heterocycles. The van der Waals surface area contributed by atoms with Gasteiger partial charge in [0.25, 0.3) is 0 Å². The van der Waals surface area contributed by atoms with E-state index in [4.69, 9.17) is 0 Å². The number of nitrogens with one attached hydrogen (secondary N) is 1. The molecule has 0 unspecified atom stereocenters. The number of pyridine rings is 1. The minimum absolute atomic E-state index is 0.234. The third-order valence-corrected chi connectivity index (χ3v) is 5.05. The van der Waals surface area contributed by atoms with Crippen LogP contribution in [-0.2, 0) is 13.5 Å². The third-order valence-electron chi connectivity index (χ3n) is 5.05. The molecular formula is C22H19FN8.